The van der Waals surface area contributed by atoms with Crippen LogP contribution >= 0.6 is 11.3 Å². The third-order valence-corrected chi connectivity index (χ3v) is 4.35. The van der Waals surface area contributed by atoms with E-state index in [4.69, 9.17) is 0 Å². The van der Waals surface area contributed by atoms with E-state index in [9.17, 15) is 0 Å². The van der Waals surface area contributed by atoms with Crippen LogP contribution in [0.2, 0.25) is 0 Å². The van der Waals surface area contributed by atoms with E-state index in [-0.39, 0.29) is 0 Å². The van der Waals surface area contributed by atoms with Crippen LogP contribution in [0.25, 0.3) is 5.65 Å². The van der Waals surface area contributed by atoms with Gasteiger partial charge >= 0.3 is 0 Å². The van der Waals surface area contributed by atoms with E-state index >= 15 is 0 Å². The molecule has 0 aliphatic carbocycles. The molecule has 3 aromatic heterocycles. The Kier molecular flexibility index (Phi) is 4.10. The van der Waals surface area contributed by atoms with Crippen molar-refractivity contribution in [2.24, 2.45) is 0 Å². The molecular formula is C14H18N6S. The summed E-state index contributed by atoms with van der Waals surface area (Å²) in [5, 5.41) is 22.0. The minimum atomic E-state index is 0.431. The molecule has 0 atom stereocenters. The Hall–Kier alpha value is -2.02. The topological polar surface area (TPSA) is 68.0 Å². The van der Waals surface area contributed by atoms with Crippen molar-refractivity contribution in [3.05, 3.63) is 35.2 Å². The molecule has 0 aromatic carbocycles. The summed E-state index contributed by atoms with van der Waals surface area (Å²) < 4.78 is 2.03. The van der Waals surface area contributed by atoms with Gasteiger partial charge in [0.1, 0.15) is 10.8 Å². The number of anilines is 1. The number of hydrogen-bond acceptors (Lipinski definition) is 6. The van der Waals surface area contributed by atoms with Crippen molar-refractivity contribution in [3.8, 4) is 0 Å². The number of aryl methyl sites for hydroxylation is 1. The second kappa shape index (κ2) is 6.17. The maximum atomic E-state index is 4.23. The van der Waals surface area contributed by atoms with Gasteiger partial charge in [-0.2, -0.15) is 0 Å². The van der Waals surface area contributed by atoms with E-state index in [0.717, 1.165) is 41.0 Å². The number of hydrogen-bond donors (Lipinski definition) is 1. The van der Waals surface area contributed by atoms with Crippen LogP contribution in [0.4, 0.5) is 5.13 Å². The first-order valence-electron chi connectivity index (χ1n) is 7.10. The molecule has 0 fully saturated rings. The number of aromatic nitrogens is 5. The Labute approximate surface area is 127 Å². The van der Waals surface area contributed by atoms with E-state index in [2.05, 4.69) is 39.6 Å². The minimum absolute atomic E-state index is 0.431. The Balaban J connectivity index is 1.52. The van der Waals surface area contributed by atoms with Gasteiger partial charge in [-0.15, -0.1) is 20.4 Å². The smallest absolute Gasteiger partial charge is 0.205 e. The fraction of sp³-hybridized carbons (Fsp3) is 0.429. The summed E-state index contributed by atoms with van der Waals surface area (Å²) in [5.41, 5.74) is 0.895. The number of pyridine rings is 1. The van der Waals surface area contributed by atoms with Crippen LogP contribution in [0.3, 0.4) is 0 Å². The highest BCUT2D eigenvalue weighted by atomic mass is 32.1. The van der Waals surface area contributed by atoms with Crippen LogP contribution < -0.4 is 5.32 Å². The molecule has 110 valence electrons. The van der Waals surface area contributed by atoms with Crippen molar-refractivity contribution in [1.82, 2.24) is 24.8 Å². The molecule has 0 radical (unpaired) electrons. The average Bonchev–Trinajstić information content (AvgIpc) is 3.11. The standard InChI is InChI=1S/C14H18N6S/c1-10(2)13-18-19-14(21-13)15-8-5-7-12-17-16-11-6-3-4-9-20(11)12/h3-4,6,9-10H,5,7-8H2,1-2H3,(H,15,19). The first-order chi connectivity index (χ1) is 10.2. The molecule has 0 saturated heterocycles. The highest BCUT2D eigenvalue weighted by molar-refractivity contribution is 7.15. The minimum Gasteiger partial charge on any atom is -0.360 e. The van der Waals surface area contributed by atoms with Crippen molar-refractivity contribution in [2.45, 2.75) is 32.6 Å². The summed E-state index contributed by atoms with van der Waals surface area (Å²) in [6.07, 6.45) is 3.86. The van der Waals surface area contributed by atoms with Crippen molar-refractivity contribution >= 4 is 22.1 Å². The first-order valence-corrected chi connectivity index (χ1v) is 7.91. The highest BCUT2D eigenvalue weighted by Crippen LogP contribution is 2.22. The molecule has 0 aliphatic rings. The normalized spacial score (nSPS) is 11.4. The molecule has 3 aromatic rings. The van der Waals surface area contributed by atoms with E-state index in [1.807, 2.05) is 28.8 Å². The summed E-state index contributed by atoms with van der Waals surface area (Å²) >= 11 is 1.62. The number of nitrogens with one attached hydrogen (secondary N) is 1. The van der Waals surface area contributed by atoms with Gasteiger partial charge < -0.3 is 5.32 Å². The van der Waals surface area contributed by atoms with Crippen molar-refractivity contribution < 1.29 is 0 Å². The van der Waals surface area contributed by atoms with Crippen LogP contribution in [-0.4, -0.2) is 31.3 Å². The predicted molar refractivity (Wildman–Crippen MR) is 83.8 cm³/mol. The van der Waals surface area contributed by atoms with E-state index in [1.54, 1.807) is 11.3 Å². The van der Waals surface area contributed by atoms with Gasteiger partial charge in [-0.05, 0) is 18.6 Å². The maximum absolute atomic E-state index is 4.23. The van der Waals surface area contributed by atoms with Gasteiger partial charge in [0.2, 0.25) is 5.13 Å². The molecule has 3 heterocycles. The highest BCUT2D eigenvalue weighted by Gasteiger charge is 2.07. The molecule has 7 heteroatoms. The molecule has 0 spiro atoms. The molecule has 0 aliphatic heterocycles. The maximum Gasteiger partial charge on any atom is 0.205 e. The lowest BCUT2D eigenvalue weighted by Crippen LogP contribution is -2.04. The molecule has 0 unspecified atom stereocenters. The lowest BCUT2D eigenvalue weighted by Gasteiger charge is -2.01. The third-order valence-electron chi connectivity index (χ3n) is 3.17. The van der Waals surface area contributed by atoms with Crippen LogP contribution in [0.1, 0.15) is 37.0 Å². The zero-order chi connectivity index (χ0) is 14.7. The molecule has 3 rings (SSSR count). The number of fused-ring (bicyclic) bond motifs is 1. The zero-order valence-electron chi connectivity index (χ0n) is 12.2. The van der Waals surface area contributed by atoms with Crippen LogP contribution in [-0.2, 0) is 6.42 Å². The first kappa shape index (κ1) is 13.9. The van der Waals surface area contributed by atoms with Gasteiger partial charge in [0.05, 0.1) is 0 Å². The van der Waals surface area contributed by atoms with Gasteiger partial charge in [0.15, 0.2) is 5.65 Å². The summed E-state index contributed by atoms with van der Waals surface area (Å²) in [4.78, 5) is 0. The van der Waals surface area contributed by atoms with Crippen LogP contribution in [0.15, 0.2) is 24.4 Å². The molecular weight excluding hydrogens is 284 g/mol. The summed E-state index contributed by atoms with van der Waals surface area (Å²) in [6, 6.07) is 5.92. The van der Waals surface area contributed by atoms with Crippen LogP contribution in [0.5, 0.6) is 0 Å². The monoisotopic (exact) mass is 302 g/mol. The van der Waals surface area contributed by atoms with Crippen molar-refractivity contribution in [1.29, 1.82) is 0 Å². The van der Waals surface area contributed by atoms with Crippen molar-refractivity contribution in [3.63, 3.8) is 0 Å². The van der Waals surface area contributed by atoms with Gasteiger partial charge in [-0.25, -0.2) is 0 Å². The van der Waals surface area contributed by atoms with E-state index < -0.39 is 0 Å². The SMILES string of the molecule is CC(C)c1nnc(NCCCc2nnc3ccccn23)s1. The predicted octanol–water partition coefficient (Wildman–Crippen LogP) is 2.75. The molecule has 6 nitrogen and oxygen atoms in total. The largest absolute Gasteiger partial charge is 0.360 e. The number of nitrogens with zero attached hydrogens (tertiary/aromatic N) is 5. The quantitative estimate of drug-likeness (QED) is 0.709. The fourth-order valence-corrected chi connectivity index (χ4v) is 2.81. The van der Waals surface area contributed by atoms with Crippen molar-refractivity contribution in [2.75, 3.05) is 11.9 Å². The van der Waals surface area contributed by atoms with Crippen LogP contribution in [0, 0.1) is 0 Å². The molecule has 0 amide bonds. The Bertz CT molecular complexity index is 717. The molecule has 21 heavy (non-hydrogen) atoms. The van der Waals surface area contributed by atoms with Gasteiger partial charge in [-0.3, -0.25) is 4.40 Å². The van der Waals surface area contributed by atoms with Gasteiger partial charge in [-0.1, -0.05) is 31.3 Å². The lowest BCUT2D eigenvalue weighted by atomic mass is 10.2. The molecule has 0 bridgehead atoms. The fourth-order valence-electron chi connectivity index (χ4n) is 2.04. The summed E-state index contributed by atoms with van der Waals surface area (Å²) in [7, 11) is 0. The number of rotatable bonds is 6. The van der Waals surface area contributed by atoms with Gasteiger partial charge in [0.25, 0.3) is 0 Å². The Morgan fingerprint density at radius 2 is 2.10 bits per heavy atom. The summed E-state index contributed by atoms with van der Waals surface area (Å²) in [5.74, 6) is 1.42. The second-order valence-electron chi connectivity index (χ2n) is 5.18. The van der Waals surface area contributed by atoms with E-state index in [1.165, 1.54) is 0 Å². The second-order valence-corrected chi connectivity index (χ2v) is 6.18. The van der Waals surface area contributed by atoms with E-state index in [0.29, 0.717) is 5.92 Å². The third kappa shape index (κ3) is 3.18. The summed E-state index contributed by atoms with van der Waals surface area (Å²) in [6.45, 7) is 5.11. The Morgan fingerprint density at radius 1 is 1.19 bits per heavy atom. The Morgan fingerprint density at radius 3 is 2.90 bits per heavy atom. The lowest BCUT2D eigenvalue weighted by molar-refractivity contribution is 0.785. The molecule has 0 saturated carbocycles. The zero-order valence-corrected chi connectivity index (χ0v) is 13.0. The average molecular weight is 302 g/mol. The van der Waals surface area contributed by atoms with Gasteiger partial charge in [0, 0.05) is 25.1 Å². The molecule has 1 N–H and O–H groups in total.